The first kappa shape index (κ1) is 17.8. The van der Waals surface area contributed by atoms with E-state index in [1.807, 2.05) is 0 Å². The Bertz CT molecular complexity index is 526. The highest BCUT2D eigenvalue weighted by Gasteiger charge is 2.42. The van der Waals surface area contributed by atoms with Crippen LogP contribution in [0.4, 0.5) is 4.39 Å². The minimum absolute atomic E-state index is 0. The van der Waals surface area contributed by atoms with Crippen molar-refractivity contribution in [3.05, 3.63) is 34.6 Å². The number of hydrogen-bond acceptors (Lipinski definition) is 1. The summed E-state index contributed by atoms with van der Waals surface area (Å²) in [7, 11) is 1.78. The van der Waals surface area contributed by atoms with Crippen LogP contribution in [0.25, 0.3) is 0 Å². The summed E-state index contributed by atoms with van der Waals surface area (Å²) in [6, 6.07) is 5.60. The van der Waals surface area contributed by atoms with Gasteiger partial charge in [0.25, 0.3) is 0 Å². The molecule has 2 unspecified atom stereocenters. The number of nitrogens with zero attached hydrogens (tertiary/aromatic N) is 1. The van der Waals surface area contributed by atoms with Crippen LogP contribution in [-0.2, 0) is 0 Å². The van der Waals surface area contributed by atoms with Crippen LogP contribution in [0.15, 0.2) is 23.2 Å². The summed E-state index contributed by atoms with van der Waals surface area (Å²) in [6.07, 6.45) is 5.87. The van der Waals surface area contributed by atoms with E-state index in [1.54, 1.807) is 19.2 Å². The summed E-state index contributed by atoms with van der Waals surface area (Å²) >= 11 is 6.12. The highest BCUT2D eigenvalue weighted by molar-refractivity contribution is 14.0. The van der Waals surface area contributed by atoms with Crippen molar-refractivity contribution in [3.63, 3.8) is 0 Å². The first-order chi connectivity index (χ1) is 10.2. The van der Waals surface area contributed by atoms with Crippen molar-refractivity contribution >= 4 is 41.5 Å². The molecule has 2 aliphatic rings. The highest BCUT2D eigenvalue weighted by atomic mass is 127. The molecule has 122 valence electrons. The molecule has 2 N–H and O–H groups in total. The second kappa shape index (κ2) is 7.81. The Kier molecular flexibility index (Phi) is 6.32. The predicted molar refractivity (Wildman–Crippen MR) is 99.9 cm³/mol. The largest absolute Gasteiger partial charge is 0.354 e. The first-order valence-electron chi connectivity index (χ1n) is 7.63. The molecule has 2 aliphatic carbocycles. The van der Waals surface area contributed by atoms with Gasteiger partial charge in [-0.15, -0.1) is 24.0 Å². The first-order valence-corrected chi connectivity index (χ1v) is 8.00. The zero-order chi connectivity index (χ0) is 14.8. The van der Waals surface area contributed by atoms with Crippen molar-refractivity contribution < 1.29 is 4.39 Å². The minimum atomic E-state index is -0.212. The average Bonchev–Trinajstić information content (AvgIpc) is 2.99. The van der Waals surface area contributed by atoms with Gasteiger partial charge in [0.2, 0.25) is 0 Å². The van der Waals surface area contributed by atoms with Crippen LogP contribution in [0.2, 0.25) is 5.02 Å². The Labute approximate surface area is 153 Å². The lowest BCUT2D eigenvalue weighted by molar-refractivity contribution is 0.601. The lowest BCUT2D eigenvalue weighted by atomic mass is 10.1. The van der Waals surface area contributed by atoms with Crippen molar-refractivity contribution in [1.82, 2.24) is 10.6 Å². The van der Waals surface area contributed by atoms with Gasteiger partial charge in [0, 0.05) is 35.6 Å². The van der Waals surface area contributed by atoms with Crippen LogP contribution in [-0.4, -0.2) is 25.1 Å². The molecular formula is C16H22ClFIN3. The van der Waals surface area contributed by atoms with Gasteiger partial charge in [-0.05, 0) is 31.4 Å². The maximum Gasteiger partial charge on any atom is 0.191 e. The molecule has 3 rings (SSSR count). The van der Waals surface area contributed by atoms with Crippen LogP contribution in [0, 0.1) is 5.82 Å². The van der Waals surface area contributed by atoms with Gasteiger partial charge < -0.3 is 10.6 Å². The average molecular weight is 438 g/mol. The molecule has 0 aromatic heterocycles. The quantitative estimate of drug-likeness (QED) is 0.425. The van der Waals surface area contributed by atoms with Gasteiger partial charge in [-0.1, -0.05) is 30.5 Å². The summed E-state index contributed by atoms with van der Waals surface area (Å²) < 4.78 is 13.9. The lowest BCUT2D eigenvalue weighted by Crippen LogP contribution is -2.43. The fourth-order valence-electron chi connectivity index (χ4n) is 3.15. The standard InChI is InChI=1S/C16H21ClFN3.HI/c1-19-16(20-10-5-2-3-6-10)21-14-9-11(14)15-12(17)7-4-8-13(15)18;/h4,7-8,10-11,14H,2-3,5-6,9H2,1H3,(H2,19,20,21);1H. The minimum Gasteiger partial charge on any atom is -0.354 e. The fraction of sp³-hybridized carbons (Fsp3) is 0.562. The number of nitrogens with one attached hydrogen (secondary N) is 2. The van der Waals surface area contributed by atoms with E-state index in [9.17, 15) is 4.39 Å². The SMILES string of the molecule is CN=C(NC1CCCC1)NC1CC1c1c(F)cccc1Cl.I. The number of halogens is 3. The number of rotatable bonds is 3. The lowest BCUT2D eigenvalue weighted by Gasteiger charge is -2.17. The van der Waals surface area contributed by atoms with E-state index >= 15 is 0 Å². The summed E-state index contributed by atoms with van der Waals surface area (Å²) in [6.45, 7) is 0. The molecule has 0 spiro atoms. The molecule has 6 heteroatoms. The zero-order valence-corrected chi connectivity index (χ0v) is 15.7. The molecule has 3 nitrogen and oxygen atoms in total. The van der Waals surface area contributed by atoms with E-state index < -0.39 is 0 Å². The molecule has 1 aromatic rings. The Morgan fingerprint density at radius 1 is 1.27 bits per heavy atom. The summed E-state index contributed by atoms with van der Waals surface area (Å²) in [5, 5.41) is 7.35. The van der Waals surface area contributed by atoms with Crippen LogP contribution in [0.5, 0.6) is 0 Å². The van der Waals surface area contributed by atoms with Crippen LogP contribution >= 0.6 is 35.6 Å². The molecule has 22 heavy (non-hydrogen) atoms. The van der Waals surface area contributed by atoms with Gasteiger partial charge in [0.05, 0.1) is 0 Å². The molecule has 2 atom stereocenters. The van der Waals surface area contributed by atoms with Crippen molar-refractivity contribution in [2.75, 3.05) is 7.05 Å². The number of benzene rings is 1. The van der Waals surface area contributed by atoms with Crippen LogP contribution < -0.4 is 10.6 Å². The van der Waals surface area contributed by atoms with Crippen molar-refractivity contribution in [3.8, 4) is 0 Å². The Morgan fingerprint density at radius 3 is 2.64 bits per heavy atom. The topological polar surface area (TPSA) is 36.4 Å². The van der Waals surface area contributed by atoms with E-state index in [1.165, 1.54) is 31.7 Å². The van der Waals surface area contributed by atoms with Gasteiger partial charge in [-0.2, -0.15) is 0 Å². The molecule has 0 bridgehead atoms. The van der Waals surface area contributed by atoms with Gasteiger partial charge in [-0.3, -0.25) is 4.99 Å². The Morgan fingerprint density at radius 2 is 2.00 bits per heavy atom. The van der Waals surface area contributed by atoms with Gasteiger partial charge >= 0.3 is 0 Å². The number of guanidine groups is 1. The second-order valence-electron chi connectivity index (χ2n) is 5.93. The van der Waals surface area contributed by atoms with E-state index in [2.05, 4.69) is 15.6 Å². The third-order valence-electron chi connectivity index (χ3n) is 4.40. The molecule has 2 saturated carbocycles. The third kappa shape index (κ3) is 4.04. The van der Waals surface area contributed by atoms with Gasteiger partial charge in [-0.25, -0.2) is 4.39 Å². The second-order valence-corrected chi connectivity index (χ2v) is 6.33. The molecule has 2 fully saturated rings. The smallest absolute Gasteiger partial charge is 0.191 e. The third-order valence-corrected chi connectivity index (χ3v) is 4.73. The molecule has 0 heterocycles. The summed E-state index contributed by atoms with van der Waals surface area (Å²) in [4.78, 5) is 4.27. The maximum absolute atomic E-state index is 13.9. The molecule has 0 saturated heterocycles. The van der Waals surface area contributed by atoms with Crippen molar-refractivity contribution in [2.24, 2.45) is 4.99 Å². The fourth-order valence-corrected chi connectivity index (χ4v) is 3.45. The monoisotopic (exact) mass is 437 g/mol. The summed E-state index contributed by atoms with van der Waals surface area (Å²) in [5.41, 5.74) is 0.632. The van der Waals surface area contributed by atoms with E-state index in [-0.39, 0.29) is 41.8 Å². The van der Waals surface area contributed by atoms with Gasteiger partial charge in [0.1, 0.15) is 5.82 Å². The Hall–Kier alpha value is -0.560. The predicted octanol–water partition coefficient (Wildman–Crippen LogP) is 4.06. The van der Waals surface area contributed by atoms with E-state index in [4.69, 9.17) is 11.6 Å². The zero-order valence-electron chi connectivity index (χ0n) is 12.6. The molecule has 0 aliphatic heterocycles. The van der Waals surface area contributed by atoms with Crippen molar-refractivity contribution in [2.45, 2.75) is 50.1 Å². The van der Waals surface area contributed by atoms with Crippen LogP contribution in [0.3, 0.4) is 0 Å². The molecule has 0 amide bonds. The van der Waals surface area contributed by atoms with E-state index in [0.717, 1.165) is 12.4 Å². The molecule has 0 radical (unpaired) electrons. The highest BCUT2D eigenvalue weighted by Crippen LogP contribution is 2.44. The number of hydrogen-bond donors (Lipinski definition) is 2. The Balaban J connectivity index is 0.00000176. The summed E-state index contributed by atoms with van der Waals surface area (Å²) in [5.74, 6) is 0.748. The van der Waals surface area contributed by atoms with Crippen molar-refractivity contribution in [1.29, 1.82) is 0 Å². The normalized spacial score (nSPS) is 24.8. The molecular weight excluding hydrogens is 416 g/mol. The maximum atomic E-state index is 13.9. The van der Waals surface area contributed by atoms with Crippen LogP contribution in [0.1, 0.15) is 43.6 Å². The van der Waals surface area contributed by atoms with E-state index in [0.29, 0.717) is 16.6 Å². The van der Waals surface area contributed by atoms with Gasteiger partial charge in [0.15, 0.2) is 5.96 Å². The number of aliphatic imine (C=N–C) groups is 1. The molecule has 1 aromatic carbocycles.